The Morgan fingerprint density at radius 2 is 2.38 bits per heavy atom. The maximum absolute atomic E-state index is 10.7. The molecule has 84 valence electrons. The number of hydrogen-bond donors (Lipinski definition) is 0. The molecule has 0 aliphatic rings. The van der Waals surface area contributed by atoms with Crippen LogP contribution < -0.4 is 0 Å². The number of carbonyl (C=O) groups is 1. The lowest BCUT2D eigenvalue weighted by molar-refractivity contribution is -0.117. The third kappa shape index (κ3) is 3.34. The van der Waals surface area contributed by atoms with Crippen molar-refractivity contribution in [3.63, 3.8) is 0 Å². The van der Waals surface area contributed by atoms with Crippen LogP contribution in [0.5, 0.6) is 0 Å². The number of benzene rings is 1. The summed E-state index contributed by atoms with van der Waals surface area (Å²) >= 11 is 5.78. The zero-order chi connectivity index (χ0) is 12.0. The molecule has 0 aromatic heterocycles. The molecular weight excluding hydrogens is 226 g/mol. The Morgan fingerprint density at radius 3 is 2.94 bits per heavy atom. The maximum Gasteiger partial charge on any atom is 0.149 e. The molecule has 1 aromatic carbocycles. The van der Waals surface area contributed by atoms with Crippen LogP contribution >= 0.6 is 11.6 Å². The van der Waals surface area contributed by atoms with E-state index in [1.165, 1.54) is 0 Å². The monoisotopic (exact) mass is 237 g/mol. The van der Waals surface area contributed by atoms with Crippen molar-refractivity contribution in [1.29, 1.82) is 5.26 Å². The van der Waals surface area contributed by atoms with Crippen molar-refractivity contribution in [2.24, 2.45) is 0 Å². The van der Waals surface area contributed by atoms with Crippen LogP contribution in [0.4, 0.5) is 0 Å². The predicted octanol–water partition coefficient (Wildman–Crippen LogP) is 2.36. The number of carbonyl (C=O) groups excluding carboxylic acids is 1. The topological polar surface area (TPSA) is 50.1 Å². The Bertz CT molecular complexity index is 412. The molecule has 1 atom stereocenters. The third-order valence-corrected chi connectivity index (χ3v) is 2.38. The van der Waals surface area contributed by atoms with E-state index in [1.54, 1.807) is 18.2 Å². The third-order valence-electron chi connectivity index (χ3n) is 2.15. The molecule has 0 heterocycles. The van der Waals surface area contributed by atoms with Gasteiger partial charge in [0.15, 0.2) is 0 Å². The van der Waals surface area contributed by atoms with Crippen LogP contribution in [0.3, 0.4) is 0 Å². The first-order valence-electron chi connectivity index (χ1n) is 4.96. The first kappa shape index (κ1) is 12.7. The Balaban J connectivity index is 2.88. The lowest BCUT2D eigenvalue weighted by atomic mass is 10.0. The molecule has 16 heavy (non-hydrogen) atoms. The summed E-state index contributed by atoms with van der Waals surface area (Å²) in [5.41, 5.74) is 1.26. The number of nitrogens with zero attached hydrogens (tertiary/aromatic N) is 1. The summed E-state index contributed by atoms with van der Waals surface area (Å²) in [5.74, 6) is 0. The average molecular weight is 238 g/mol. The smallest absolute Gasteiger partial charge is 0.149 e. The fourth-order valence-electron chi connectivity index (χ4n) is 1.41. The van der Waals surface area contributed by atoms with E-state index in [1.807, 2.05) is 6.92 Å². The molecule has 1 rings (SSSR count). The first-order valence-corrected chi connectivity index (χ1v) is 5.34. The summed E-state index contributed by atoms with van der Waals surface area (Å²) in [6.07, 6.45) is 0.648. The molecule has 1 unspecified atom stereocenters. The minimum Gasteiger partial charge on any atom is -0.371 e. The first-order chi connectivity index (χ1) is 7.71. The molecule has 0 spiro atoms. The minimum atomic E-state index is -0.502. The highest BCUT2D eigenvalue weighted by Crippen LogP contribution is 2.17. The quantitative estimate of drug-likeness (QED) is 0.739. The molecule has 0 amide bonds. The van der Waals surface area contributed by atoms with Gasteiger partial charge in [-0.2, -0.15) is 5.26 Å². The summed E-state index contributed by atoms with van der Waals surface area (Å²) in [4.78, 5) is 10.7. The number of nitriles is 1. The van der Waals surface area contributed by atoms with Gasteiger partial charge in [0.1, 0.15) is 12.4 Å². The van der Waals surface area contributed by atoms with Gasteiger partial charge in [-0.05, 0) is 24.6 Å². The number of aldehydes is 1. The van der Waals surface area contributed by atoms with Crippen molar-refractivity contribution < 1.29 is 9.53 Å². The zero-order valence-corrected chi connectivity index (χ0v) is 9.70. The summed E-state index contributed by atoms with van der Waals surface area (Å²) in [7, 11) is 0. The van der Waals surface area contributed by atoms with Crippen LogP contribution in [-0.4, -0.2) is 19.0 Å². The Kier molecular flexibility index (Phi) is 4.97. The highest BCUT2D eigenvalue weighted by atomic mass is 35.5. The fourth-order valence-corrected chi connectivity index (χ4v) is 1.58. The van der Waals surface area contributed by atoms with Gasteiger partial charge in [0.25, 0.3) is 0 Å². The Morgan fingerprint density at radius 1 is 1.62 bits per heavy atom. The molecule has 0 saturated carbocycles. The van der Waals surface area contributed by atoms with Crippen molar-refractivity contribution in [3.05, 3.63) is 34.3 Å². The van der Waals surface area contributed by atoms with Crippen LogP contribution in [0, 0.1) is 11.3 Å². The van der Waals surface area contributed by atoms with Crippen molar-refractivity contribution in [2.45, 2.75) is 19.4 Å². The number of rotatable bonds is 5. The van der Waals surface area contributed by atoms with E-state index in [2.05, 4.69) is 6.07 Å². The van der Waals surface area contributed by atoms with Crippen LogP contribution in [0.15, 0.2) is 18.2 Å². The van der Waals surface area contributed by atoms with E-state index < -0.39 is 6.10 Å². The number of ether oxygens (including phenoxy) is 1. The zero-order valence-electron chi connectivity index (χ0n) is 8.94. The van der Waals surface area contributed by atoms with Gasteiger partial charge in [-0.1, -0.05) is 17.7 Å². The summed E-state index contributed by atoms with van der Waals surface area (Å²) in [5, 5.41) is 9.43. The van der Waals surface area contributed by atoms with Gasteiger partial charge in [-0.15, -0.1) is 0 Å². The summed E-state index contributed by atoms with van der Waals surface area (Å²) in [6.45, 7) is 2.29. The average Bonchev–Trinajstić information content (AvgIpc) is 2.30. The molecule has 0 aliphatic carbocycles. The van der Waals surface area contributed by atoms with E-state index in [0.717, 1.165) is 11.8 Å². The maximum atomic E-state index is 10.7. The number of hydrogen-bond acceptors (Lipinski definition) is 3. The highest BCUT2D eigenvalue weighted by molar-refractivity contribution is 6.30. The second-order valence-corrected chi connectivity index (χ2v) is 3.68. The van der Waals surface area contributed by atoms with Gasteiger partial charge in [0.05, 0.1) is 11.6 Å². The van der Waals surface area contributed by atoms with Crippen molar-refractivity contribution in [1.82, 2.24) is 0 Å². The standard InChI is InChI=1S/C12H12ClNO2/c1-2-16-12(8-15)6-9-3-4-11(13)5-10(9)7-14/h3-5,8,12H,2,6H2,1H3. The predicted molar refractivity (Wildman–Crippen MR) is 61.3 cm³/mol. The second-order valence-electron chi connectivity index (χ2n) is 3.25. The lowest BCUT2D eigenvalue weighted by Crippen LogP contribution is -2.18. The van der Waals surface area contributed by atoms with Crippen molar-refractivity contribution in [3.8, 4) is 6.07 Å². The van der Waals surface area contributed by atoms with E-state index in [9.17, 15) is 4.79 Å². The van der Waals surface area contributed by atoms with E-state index in [-0.39, 0.29) is 0 Å². The summed E-state index contributed by atoms with van der Waals surface area (Å²) < 4.78 is 5.21. The lowest BCUT2D eigenvalue weighted by Gasteiger charge is -2.11. The normalized spacial score (nSPS) is 11.8. The molecule has 0 bridgehead atoms. The molecule has 4 heteroatoms. The van der Waals surface area contributed by atoms with E-state index in [4.69, 9.17) is 21.6 Å². The highest BCUT2D eigenvalue weighted by Gasteiger charge is 2.11. The SMILES string of the molecule is CCOC(C=O)Cc1ccc(Cl)cc1C#N. The van der Waals surface area contributed by atoms with Gasteiger partial charge >= 0.3 is 0 Å². The number of halogens is 1. The Hall–Kier alpha value is -1.37. The van der Waals surface area contributed by atoms with Gasteiger partial charge in [-0.3, -0.25) is 0 Å². The molecule has 0 radical (unpaired) electrons. The molecule has 1 aromatic rings. The van der Waals surface area contributed by atoms with E-state index >= 15 is 0 Å². The minimum absolute atomic E-state index is 0.400. The molecule has 0 aliphatic heterocycles. The van der Waals surface area contributed by atoms with Crippen molar-refractivity contribution >= 4 is 17.9 Å². The van der Waals surface area contributed by atoms with Gasteiger partial charge < -0.3 is 9.53 Å². The molecule has 0 fully saturated rings. The summed E-state index contributed by atoms with van der Waals surface area (Å²) in [6, 6.07) is 7.09. The fraction of sp³-hybridized carbons (Fsp3) is 0.333. The van der Waals surface area contributed by atoms with Gasteiger partial charge in [0, 0.05) is 18.1 Å². The van der Waals surface area contributed by atoms with Crippen LogP contribution in [0.2, 0.25) is 5.02 Å². The molecular formula is C12H12ClNO2. The molecule has 0 saturated heterocycles. The molecule has 0 N–H and O–H groups in total. The Labute approximate surface area is 99.6 Å². The van der Waals surface area contributed by atoms with Crippen molar-refractivity contribution in [2.75, 3.05) is 6.61 Å². The van der Waals surface area contributed by atoms with Gasteiger partial charge in [-0.25, -0.2) is 0 Å². The molecule has 3 nitrogen and oxygen atoms in total. The van der Waals surface area contributed by atoms with Crippen LogP contribution in [0.25, 0.3) is 0 Å². The largest absolute Gasteiger partial charge is 0.371 e. The second kappa shape index (κ2) is 6.26. The van der Waals surface area contributed by atoms with E-state index in [0.29, 0.717) is 23.6 Å². The van der Waals surface area contributed by atoms with Crippen LogP contribution in [-0.2, 0) is 16.0 Å². The van der Waals surface area contributed by atoms with Crippen LogP contribution in [0.1, 0.15) is 18.1 Å². The van der Waals surface area contributed by atoms with Gasteiger partial charge in [0.2, 0.25) is 0 Å².